The number of benzene rings is 2. The molecule has 1 unspecified atom stereocenters. The maximum Gasteiger partial charge on any atom is 0.340 e. The first kappa shape index (κ1) is 13.9. The Bertz CT molecular complexity index is 665. The minimum absolute atomic E-state index is 0.0792. The van der Waals surface area contributed by atoms with E-state index in [-0.39, 0.29) is 23.1 Å². The zero-order valence-electron chi connectivity index (χ0n) is 11.2. The smallest absolute Gasteiger partial charge is 0.340 e. The average Bonchev–Trinajstić information content (AvgIpc) is 2.90. The highest BCUT2D eigenvalue weighted by atomic mass is 32.2. The van der Waals surface area contributed by atoms with Crippen LogP contribution in [0.5, 0.6) is 0 Å². The Morgan fingerprint density at radius 2 is 2.14 bits per heavy atom. The molecule has 1 aliphatic heterocycles. The lowest BCUT2D eigenvalue weighted by Crippen LogP contribution is -2.16. The lowest BCUT2D eigenvalue weighted by atomic mass is 10.1. The van der Waals surface area contributed by atoms with E-state index in [9.17, 15) is 9.18 Å². The summed E-state index contributed by atoms with van der Waals surface area (Å²) in [7, 11) is 0. The van der Waals surface area contributed by atoms with Gasteiger partial charge in [-0.05, 0) is 36.2 Å². The number of hydrogen-bond donors (Lipinski definition) is 1. The van der Waals surface area contributed by atoms with Crippen LogP contribution in [0.25, 0.3) is 0 Å². The Balaban J connectivity index is 1.61. The Morgan fingerprint density at radius 3 is 2.95 bits per heavy atom. The van der Waals surface area contributed by atoms with E-state index in [1.807, 2.05) is 12.1 Å². The first-order valence-corrected chi connectivity index (χ1v) is 7.48. The van der Waals surface area contributed by atoms with Crippen molar-refractivity contribution in [2.45, 2.75) is 16.6 Å². The largest absolute Gasteiger partial charge is 0.461 e. The molecule has 1 heterocycles. The van der Waals surface area contributed by atoms with Crippen molar-refractivity contribution >= 4 is 23.4 Å². The second-order valence-corrected chi connectivity index (χ2v) is 6.22. The van der Waals surface area contributed by atoms with Gasteiger partial charge in [0.25, 0.3) is 0 Å². The van der Waals surface area contributed by atoms with Crippen molar-refractivity contribution < 1.29 is 13.9 Å². The summed E-state index contributed by atoms with van der Waals surface area (Å²) in [6.45, 7) is 0.286. The van der Waals surface area contributed by atoms with Gasteiger partial charge in [0, 0.05) is 15.8 Å². The number of esters is 1. The molecule has 2 aromatic rings. The fraction of sp³-hybridized carbons (Fsp3) is 0.188. The van der Waals surface area contributed by atoms with Crippen LogP contribution in [-0.2, 0) is 11.2 Å². The van der Waals surface area contributed by atoms with Crippen LogP contribution >= 0.6 is 11.8 Å². The molecule has 0 bridgehead atoms. The number of ether oxygens (including phenoxy) is 1. The number of carbonyl (C=O) groups is 1. The molecule has 108 valence electrons. The first-order valence-electron chi connectivity index (χ1n) is 6.60. The van der Waals surface area contributed by atoms with Crippen LogP contribution in [0.2, 0.25) is 0 Å². The minimum Gasteiger partial charge on any atom is -0.461 e. The molecule has 5 heteroatoms. The predicted octanol–water partition coefficient (Wildman–Crippen LogP) is 3.28. The summed E-state index contributed by atoms with van der Waals surface area (Å²) in [6.07, 6.45) is 0.868. The van der Waals surface area contributed by atoms with Crippen molar-refractivity contribution in [3.8, 4) is 0 Å². The second-order valence-electron chi connectivity index (χ2n) is 4.88. The molecule has 3 nitrogen and oxygen atoms in total. The zero-order chi connectivity index (χ0) is 14.8. The standard InChI is InChI=1S/C16H14FNO2S/c17-11-5-6-14(18)13(8-11)16(19)20-9-12-7-10-3-1-2-4-15(10)21-12/h1-6,8,12H,7,9,18H2. The molecule has 2 N–H and O–H groups in total. The van der Waals surface area contributed by atoms with Gasteiger partial charge in [0.15, 0.2) is 0 Å². The molecule has 1 atom stereocenters. The van der Waals surface area contributed by atoms with Crippen molar-refractivity contribution in [2.75, 3.05) is 12.3 Å². The van der Waals surface area contributed by atoms with Crippen molar-refractivity contribution in [3.63, 3.8) is 0 Å². The maximum atomic E-state index is 13.2. The van der Waals surface area contributed by atoms with Gasteiger partial charge in [-0.15, -0.1) is 11.8 Å². The second kappa shape index (κ2) is 5.77. The summed E-state index contributed by atoms with van der Waals surface area (Å²) >= 11 is 1.70. The van der Waals surface area contributed by atoms with Crippen LogP contribution in [0.4, 0.5) is 10.1 Å². The lowest BCUT2D eigenvalue weighted by Gasteiger charge is -2.11. The minimum atomic E-state index is -0.580. The van der Waals surface area contributed by atoms with Crippen LogP contribution in [0.15, 0.2) is 47.4 Å². The molecule has 0 aromatic heterocycles. The van der Waals surface area contributed by atoms with E-state index in [2.05, 4.69) is 12.1 Å². The number of carbonyl (C=O) groups excluding carboxylic acids is 1. The van der Waals surface area contributed by atoms with Gasteiger partial charge >= 0.3 is 5.97 Å². The van der Waals surface area contributed by atoms with E-state index in [4.69, 9.17) is 10.5 Å². The number of nitrogen functional groups attached to an aromatic ring is 1. The monoisotopic (exact) mass is 303 g/mol. The van der Waals surface area contributed by atoms with E-state index in [1.54, 1.807) is 11.8 Å². The van der Waals surface area contributed by atoms with Gasteiger partial charge in [-0.25, -0.2) is 9.18 Å². The Hall–Kier alpha value is -2.01. The molecule has 1 aliphatic rings. The van der Waals surface area contributed by atoms with Gasteiger partial charge in [-0.1, -0.05) is 18.2 Å². The molecule has 0 spiro atoms. The number of anilines is 1. The van der Waals surface area contributed by atoms with Crippen LogP contribution < -0.4 is 5.73 Å². The fourth-order valence-corrected chi connectivity index (χ4v) is 3.52. The van der Waals surface area contributed by atoms with Crippen LogP contribution in [0.1, 0.15) is 15.9 Å². The molecule has 3 rings (SSSR count). The molecular formula is C16H14FNO2S. The SMILES string of the molecule is Nc1ccc(F)cc1C(=O)OCC1Cc2ccccc2S1. The Labute approximate surface area is 126 Å². The highest BCUT2D eigenvalue weighted by molar-refractivity contribution is 8.00. The zero-order valence-corrected chi connectivity index (χ0v) is 12.0. The topological polar surface area (TPSA) is 52.3 Å². The van der Waals surface area contributed by atoms with E-state index < -0.39 is 11.8 Å². The summed E-state index contributed by atoms with van der Waals surface area (Å²) < 4.78 is 18.4. The third kappa shape index (κ3) is 3.03. The van der Waals surface area contributed by atoms with Gasteiger partial charge in [0.05, 0.1) is 5.56 Å². The van der Waals surface area contributed by atoms with Crippen LogP contribution in [-0.4, -0.2) is 17.8 Å². The lowest BCUT2D eigenvalue weighted by molar-refractivity contribution is 0.0508. The summed E-state index contributed by atoms with van der Waals surface area (Å²) in [5, 5.41) is 0.195. The number of nitrogens with two attached hydrogens (primary N) is 1. The third-order valence-electron chi connectivity index (χ3n) is 3.35. The predicted molar refractivity (Wildman–Crippen MR) is 80.9 cm³/mol. The fourth-order valence-electron chi connectivity index (χ4n) is 2.30. The maximum absolute atomic E-state index is 13.2. The van der Waals surface area contributed by atoms with Crippen LogP contribution in [0.3, 0.4) is 0 Å². The summed E-state index contributed by atoms with van der Waals surface area (Å²) in [5.41, 5.74) is 7.25. The number of fused-ring (bicyclic) bond motifs is 1. The van der Waals surface area contributed by atoms with Crippen molar-refractivity contribution in [3.05, 3.63) is 59.4 Å². The molecule has 0 amide bonds. The molecule has 0 aliphatic carbocycles. The number of halogens is 1. The van der Waals surface area contributed by atoms with Crippen molar-refractivity contribution in [1.29, 1.82) is 0 Å². The van der Waals surface area contributed by atoms with E-state index in [0.29, 0.717) is 0 Å². The Morgan fingerprint density at radius 1 is 1.33 bits per heavy atom. The molecule has 0 saturated carbocycles. The molecular weight excluding hydrogens is 289 g/mol. The molecule has 0 radical (unpaired) electrons. The van der Waals surface area contributed by atoms with E-state index in [1.165, 1.54) is 22.6 Å². The highest BCUT2D eigenvalue weighted by Gasteiger charge is 2.23. The van der Waals surface area contributed by atoms with Crippen LogP contribution in [0, 0.1) is 5.82 Å². The van der Waals surface area contributed by atoms with Gasteiger partial charge in [0.2, 0.25) is 0 Å². The number of hydrogen-bond acceptors (Lipinski definition) is 4. The summed E-state index contributed by atoms with van der Waals surface area (Å²) in [4.78, 5) is 13.2. The molecule has 0 saturated heterocycles. The highest BCUT2D eigenvalue weighted by Crippen LogP contribution is 2.36. The van der Waals surface area contributed by atoms with Gasteiger partial charge in [-0.2, -0.15) is 0 Å². The third-order valence-corrected chi connectivity index (χ3v) is 4.64. The average molecular weight is 303 g/mol. The number of rotatable bonds is 3. The number of thioether (sulfide) groups is 1. The first-order chi connectivity index (χ1) is 10.1. The normalized spacial score (nSPS) is 16.5. The quantitative estimate of drug-likeness (QED) is 0.698. The van der Waals surface area contributed by atoms with Crippen molar-refractivity contribution in [2.24, 2.45) is 0 Å². The van der Waals surface area contributed by atoms with E-state index >= 15 is 0 Å². The molecule has 2 aromatic carbocycles. The van der Waals surface area contributed by atoms with Gasteiger partial charge in [-0.3, -0.25) is 0 Å². The molecule has 21 heavy (non-hydrogen) atoms. The summed E-state index contributed by atoms with van der Waals surface area (Å²) in [5.74, 6) is -1.08. The van der Waals surface area contributed by atoms with E-state index in [0.717, 1.165) is 12.5 Å². The van der Waals surface area contributed by atoms with Gasteiger partial charge in [0.1, 0.15) is 12.4 Å². The van der Waals surface area contributed by atoms with Crippen molar-refractivity contribution in [1.82, 2.24) is 0 Å². The summed E-state index contributed by atoms with van der Waals surface area (Å²) in [6, 6.07) is 11.8. The van der Waals surface area contributed by atoms with Gasteiger partial charge < -0.3 is 10.5 Å². The molecule has 0 fully saturated rings. The Kier molecular flexibility index (Phi) is 3.84.